The number of benzene rings is 1. The second-order valence-corrected chi connectivity index (χ2v) is 8.29. The standard InChI is InChI=1S/C25H33N5O2/c1-6-18(3)30(19(4)7-2)24(31)17-29-22-14-9-8-12-20(22)27-23(29)16-28(5)25(32)21-13-10-11-15-26-21/h8-15,18-19H,6-7,16-17H2,1-5H3. The van der Waals surface area contributed by atoms with Crippen molar-refractivity contribution in [1.29, 1.82) is 0 Å². The van der Waals surface area contributed by atoms with Gasteiger partial charge in [-0.15, -0.1) is 0 Å². The predicted molar refractivity (Wildman–Crippen MR) is 126 cm³/mol. The summed E-state index contributed by atoms with van der Waals surface area (Å²) >= 11 is 0. The summed E-state index contributed by atoms with van der Waals surface area (Å²) in [6.07, 6.45) is 3.40. The molecule has 0 saturated heterocycles. The summed E-state index contributed by atoms with van der Waals surface area (Å²) in [5.74, 6) is 0.563. The van der Waals surface area contributed by atoms with Gasteiger partial charge in [-0.2, -0.15) is 0 Å². The molecular formula is C25H33N5O2. The highest BCUT2D eigenvalue weighted by atomic mass is 16.2. The van der Waals surface area contributed by atoms with Crippen molar-refractivity contribution in [2.24, 2.45) is 0 Å². The molecule has 0 aliphatic heterocycles. The van der Waals surface area contributed by atoms with Crippen LogP contribution >= 0.6 is 0 Å². The maximum atomic E-state index is 13.4. The van der Waals surface area contributed by atoms with E-state index in [2.05, 4.69) is 32.7 Å². The van der Waals surface area contributed by atoms with Gasteiger partial charge in [-0.1, -0.05) is 32.0 Å². The van der Waals surface area contributed by atoms with E-state index >= 15 is 0 Å². The molecule has 7 nitrogen and oxygen atoms in total. The summed E-state index contributed by atoms with van der Waals surface area (Å²) in [6.45, 7) is 8.86. The Labute approximate surface area is 190 Å². The van der Waals surface area contributed by atoms with Crippen molar-refractivity contribution in [3.05, 3.63) is 60.2 Å². The van der Waals surface area contributed by atoms with Gasteiger partial charge in [0.1, 0.15) is 18.1 Å². The molecule has 2 heterocycles. The number of nitrogens with zero attached hydrogens (tertiary/aromatic N) is 5. The Bertz CT molecular complexity index is 1050. The molecule has 2 unspecified atom stereocenters. The second-order valence-electron chi connectivity index (χ2n) is 8.29. The molecule has 0 saturated carbocycles. The molecule has 7 heteroatoms. The topological polar surface area (TPSA) is 71.3 Å². The zero-order chi connectivity index (χ0) is 23.3. The number of carbonyl (C=O) groups is 2. The zero-order valence-corrected chi connectivity index (χ0v) is 19.7. The number of amides is 2. The van der Waals surface area contributed by atoms with Crippen molar-refractivity contribution in [1.82, 2.24) is 24.3 Å². The Hall–Kier alpha value is -3.22. The number of hydrogen-bond donors (Lipinski definition) is 0. The van der Waals surface area contributed by atoms with Crippen LogP contribution < -0.4 is 0 Å². The summed E-state index contributed by atoms with van der Waals surface area (Å²) in [5, 5.41) is 0. The molecule has 170 valence electrons. The molecular weight excluding hydrogens is 402 g/mol. The first-order valence-corrected chi connectivity index (χ1v) is 11.3. The number of pyridine rings is 1. The summed E-state index contributed by atoms with van der Waals surface area (Å²) in [7, 11) is 1.73. The number of aromatic nitrogens is 3. The molecule has 0 N–H and O–H groups in total. The summed E-state index contributed by atoms with van der Waals surface area (Å²) in [5.41, 5.74) is 2.09. The monoisotopic (exact) mass is 435 g/mol. The van der Waals surface area contributed by atoms with Crippen molar-refractivity contribution < 1.29 is 9.59 Å². The highest BCUT2D eigenvalue weighted by molar-refractivity contribution is 5.92. The first kappa shape index (κ1) is 23.4. The third-order valence-corrected chi connectivity index (χ3v) is 6.06. The van der Waals surface area contributed by atoms with E-state index in [1.165, 1.54) is 0 Å². The van der Waals surface area contributed by atoms with E-state index in [1.807, 2.05) is 33.7 Å². The fourth-order valence-corrected chi connectivity index (χ4v) is 3.93. The zero-order valence-electron chi connectivity index (χ0n) is 19.7. The molecule has 0 fully saturated rings. The number of carbonyl (C=O) groups excluding carboxylic acids is 2. The van der Waals surface area contributed by atoms with Crippen LogP contribution in [0.1, 0.15) is 56.8 Å². The average molecular weight is 436 g/mol. The van der Waals surface area contributed by atoms with E-state index < -0.39 is 0 Å². The molecule has 0 aliphatic rings. The number of fused-ring (bicyclic) bond motifs is 1. The van der Waals surface area contributed by atoms with Crippen LogP contribution in [0.2, 0.25) is 0 Å². The minimum absolute atomic E-state index is 0.0665. The Morgan fingerprint density at radius 1 is 1.00 bits per heavy atom. The molecule has 2 atom stereocenters. The van der Waals surface area contributed by atoms with Crippen LogP contribution in [0.3, 0.4) is 0 Å². The maximum absolute atomic E-state index is 13.4. The molecule has 0 aliphatic carbocycles. The summed E-state index contributed by atoms with van der Waals surface area (Å²) < 4.78 is 1.94. The van der Waals surface area contributed by atoms with Crippen LogP contribution in [0.5, 0.6) is 0 Å². The maximum Gasteiger partial charge on any atom is 0.272 e. The van der Waals surface area contributed by atoms with Crippen LogP contribution in [0, 0.1) is 0 Å². The minimum atomic E-state index is -0.184. The number of para-hydroxylation sites is 2. The van der Waals surface area contributed by atoms with Crippen molar-refractivity contribution in [2.75, 3.05) is 7.05 Å². The molecule has 2 amide bonds. The van der Waals surface area contributed by atoms with Crippen LogP contribution in [0.25, 0.3) is 11.0 Å². The van der Waals surface area contributed by atoms with Crippen molar-refractivity contribution in [3.8, 4) is 0 Å². The van der Waals surface area contributed by atoms with Gasteiger partial charge in [0.15, 0.2) is 0 Å². The Kier molecular flexibility index (Phi) is 7.62. The van der Waals surface area contributed by atoms with Gasteiger partial charge in [-0.25, -0.2) is 4.98 Å². The summed E-state index contributed by atoms with van der Waals surface area (Å²) in [4.78, 5) is 38.7. The van der Waals surface area contributed by atoms with E-state index in [4.69, 9.17) is 4.98 Å². The highest BCUT2D eigenvalue weighted by Gasteiger charge is 2.26. The molecule has 1 aromatic carbocycles. The highest BCUT2D eigenvalue weighted by Crippen LogP contribution is 2.20. The van der Waals surface area contributed by atoms with E-state index in [9.17, 15) is 9.59 Å². The van der Waals surface area contributed by atoms with Gasteiger partial charge >= 0.3 is 0 Å². The fraction of sp³-hybridized carbons (Fsp3) is 0.440. The normalized spacial score (nSPS) is 13.0. The molecule has 0 bridgehead atoms. The van der Waals surface area contributed by atoms with Gasteiger partial charge in [0.05, 0.1) is 17.6 Å². The number of rotatable bonds is 9. The Morgan fingerprint density at radius 3 is 2.28 bits per heavy atom. The largest absolute Gasteiger partial charge is 0.336 e. The predicted octanol–water partition coefficient (Wildman–Crippen LogP) is 4.13. The SMILES string of the molecule is CCC(C)N(C(=O)Cn1c(CN(C)C(=O)c2ccccn2)nc2ccccc21)C(C)CC. The first-order valence-electron chi connectivity index (χ1n) is 11.3. The lowest BCUT2D eigenvalue weighted by Crippen LogP contribution is -2.46. The van der Waals surface area contributed by atoms with Gasteiger partial charge in [-0.05, 0) is 51.0 Å². The molecule has 0 radical (unpaired) electrons. The molecule has 2 aromatic heterocycles. The lowest BCUT2D eigenvalue weighted by atomic mass is 10.1. The van der Waals surface area contributed by atoms with Gasteiger partial charge in [-0.3, -0.25) is 14.6 Å². The van der Waals surface area contributed by atoms with E-state index in [0.717, 1.165) is 23.9 Å². The van der Waals surface area contributed by atoms with E-state index in [1.54, 1.807) is 36.3 Å². The third kappa shape index (κ3) is 4.98. The Morgan fingerprint density at radius 2 is 1.66 bits per heavy atom. The van der Waals surface area contributed by atoms with Gasteiger partial charge in [0.25, 0.3) is 5.91 Å². The smallest absolute Gasteiger partial charge is 0.272 e. The average Bonchev–Trinajstić information content (AvgIpc) is 3.15. The molecule has 32 heavy (non-hydrogen) atoms. The van der Waals surface area contributed by atoms with Crippen LogP contribution in [-0.2, 0) is 17.9 Å². The minimum Gasteiger partial charge on any atom is -0.336 e. The van der Waals surface area contributed by atoms with Gasteiger partial charge in [0, 0.05) is 25.3 Å². The van der Waals surface area contributed by atoms with Crippen molar-refractivity contribution >= 4 is 22.8 Å². The van der Waals surface area contributed by atoms with Crippen LogP contribution in [0.4, 0.5) is 0 Å². The quantitative estimate of drug-likeness (QED) is 0.507. The molecule has 3 aromatic rings. The fourth-order valence-electron chi connectivity index (χ4n) is 3.93. The third-order valence-electron chi connectivity index (χ3n) is 6.06. The number of hydrogen-bond acceptors (Lipinski definition) is 4. The Balaban J connectivity index is 1.92. The summed E-state index contributed by atoms with van der Waals surface area (Å²) in [6, 6.07) is 13.4. The van der Waals surface area contributed by atoms with E-state index in [-0.39, 0.29) is 37.0 Å². The van der Waals surface area contributed by atoms with Gasteiger partial charge in [0.2, 0.25) is 5.91 Å². The van der Waals surface area contributed by atoms with Crippen molar-refractivity contribution in [3.63, 3.8) is 0 Å². The lowest BCUT2D eigenvalue weighted by Gasteiger charge is -2.34. The molecule has 0 spiro atoms. The number of imidazole rings is 1. The van der Waals surface area contributed by atoms with Crippen molar-refractivity contribution in [2.45, 2.75) is 65.7 Å². The van der Waals surface area contributed by atoms with E-state index in [0.29, 0.717) is 11.5 Å². The second kappa shape index (κ2) is 10.4. The first-order chi connectivity index (χ1) is 15.4. The molecule has 3 rings (SSSR count). The lowest BCUT2D eigenvalue weighted by molar-refractivity contribution is -0.136. The van der Waals surface area contributed by atoms with Crippen LogP contribution in [-0.4, -0.2) is 55.3 Å². The van der Waals surface area contributed by atoms with Crippen LogP contribution in [0.15, 0.2) is 48.7 Å². The van der Waals surface area contributed by atoms with Gasteiger partial charge < -0.3 is 14.4 Å².